The molecule has 0 bridgehead atoms. The maximum Gasteiger partial charge on any atom is 0.372 e. The first-order chi connectivity index (χ1) is 3.18. The molecular formula is C4H8NaO4. The molecule has 0 saturated carbocycles. The van der Waals surface area contributed by atoms with E-state index in [1.165, 1.54) is 6.92 Å². The monoisotopic (exact) mass is 143 g/mol. The van der Waals surface area contributed by atoms with Crippen LogP contribution in [0.2, 0.25) is 0 Å². The van der Waals surface area contributed by atoms with Gasteiger partial charge in [0.15, 0.2) is 0 Å². The van der Waals surface area contributed by atoms with Crippen molar-refractivity contribution in [2.45, 2.75) is 13.3 Å². The summed E-state index contributed by atoms with van der Waals surface area (Å²) in [7, 11) is 0. The predicted octanol–water partition coefficient (Wildman–Crippen LogP) is -1.16. The van der Waals surface area contributed by atoms with Gasteiger partial charge in [0, 0.05) is 36.0 Å². The van der Waals surface area contributed by atoms with E-state index in [0.29, 0.717) is 0 Å². The second-order valence-corrected chi connectivity index (χ2v) is 1.08. The Kier molecular flexibility index (Phi) is 14.4. The van der Waals surface area contributed by atoms with Gasteiger partial charge in [0.05, 0.1) is 0 Å². The van der Waals surface area contributed by atoms with Gasteiger partial charge in [-0.25, -0.2) is 4.79 Å². The molecule has 0 unspecified atom stereocenters. The Morgan fingerprint density at radius 1 is 1.44 bits per heavy atom. The molecule has 1 radical (unpaired) electrons. The van der Waals surface area contributed by atoms with Crippen molar-refractivity contribution >= 4 is 41.3 Å². The largest absolute Gasteiger partial charge is 0.476 e. The fourth-order valence-electron chi connectivity index (χ4n) is 0.151. The van der Waals surface area contributed by atoms with Crippen LogP contribution in [-0.2, 0) is 9.59 Å². The number of carboxylic acids is 1. The molecule has 0 spiro atoms. The molecule has 5 heteroatoms. The van der Waals surface area contributed by atoms with E-state index in [2.05, 4.69) is 0 Å². The first kappa shape index (κ1) is 16.0. The molecule has 0 aliphatic rings. The van der Waals surface area contributed by atoms with Crippen LogP contribution in [0, 0.1) is 0 Å². The Morgan fingerprint density at radius 3 is 1.78 bits per heavy atom. The number of carboxylic acid groups (broad SMARTS) is 1. The Hall–Kier alpha value is 0.1000. The zero-order chi connectivity index (χ0) is 5.86. The van der Waals surface area contributed by atoms with Crippen molar-refractivity contribution in [2.75, 3.05) is 0 Å². The quantitative estimate of drug-likeness (QED) is 0.391. The van der Waals surface area contributed by atoms with E-state index in [1.807, 2.05) is 0 Å². The van der Waals surface area contributed by atoms with E-state index >= 15 is 0 Å². The van der Waals surface area contributed by atoms with E-state index in [9.17, 15) is 9.59 Å². The van der Waals surface area contributed by atoms with Crippen LogP contribution in [0.1, 0.15) is 13.3 Å². The number of carbonyl (C=O) groups excluding carboxylic acids is 1. The number of rotatable bonds is 2. The standard InChI is InChI=1S/C4H6O3.Na.H2O/c1-2-3(5)4(6)7;;/h2H2,1H3,(H,6,7);;1H2. The summed E-state index contributed by atoms with van der Waals surface area (Å²) in [6, 6.07) is 0. The van der Waals surface area contributed by atoms with Gasteiger partial charge in [-0.05, 0) is 0 Å². The van der Waals surface area contributed by atoms with Crippen molar-refractivity contribution in [3.8, 4) is 0 Å². The molecule has 0 atom stereocenters. The third-order valence-electron chi connectivity index (χ3n) is 0.560. The molecule has 0 aromatic heterocycles. The molecule has 3 N–H and O–H groups in total. The molecule has 0 aliphatic carbocycles. The molecule has 0 aromatic carbocycles. The fraction of sp³-hybridized carbons (Fsp3) is 0.500. The first-order valence-corrected chi connectivity index (χ1v) is 1.94. The average Bonchev–Trinajstić information content (AvgIpc) is 1.65. The average molecular weight is 143 g/mol. The topological polar surface area (TPSA) is 85.9 Å². The van der Waals surface area contributed by atoms with Crippen molar-refractivity contribution in [1.82, 2.24) is 0 Å². The summed E-state index contributed by atoms with van der Waals surface area (Å²) in [6.45, 7) is 1.51. The molecule has 0 aromatic rings. The van der Waals surface area contributed by atoms with E-state index in [4.69, 9.17) is 5.11 Å². The van der Waals surface area contributed by atoms with Gasteiger partial charge < -0.3 is 10.6 Å². The molecule has 4 nitrogen and oxygen atoms in total. The van der Waals surface area contributed by atoms with Gasteiger partial charge in [-0.2, -0.15) is 0 Å². The van der Waals surface area contributed by atoms with Crippen LogP contribution in [0.15, 0.2) is 0 Å². The molecule has 9 heavy (non-hydrogen) atoms. The Bertz CT molecular complexity index is 101. The summed E-state index contributed by atoms with van der Waals surface area (Å²) < 4.78 is 0. The molecule has 0 rings (SSSR count). The molecule has 0 heterocycles. The molecule has 0 fully saturated rings. The summed E-state index contributed by atoms with van der Waals surface area (Å²) in [6.07, 6.45) is 0.0787. The zero-order valence-corrected chi connectivity index (χ0v) is 7.47. The molecule has 0 amide bonds. The van der Waals surface area contributed by atoms with Gasteiger partial charge in [-0.1, -0.05) is 6.92 Å². The van der Waals surface area contributed by atoms with Crippen LogP contribution in [0.25, 0.3) is 0 Å². The second kappa shape index (κ2) is 8.10. The number of aliphatic carboxylic acids is 1. The third-order valence-corrected chi connectivity index (χ3v) is 0.560. The summed E-state index contributed by atoms with van der Waals surface area (Å²) in [5, 5.41) is 7.83. The molecule has 0 aliphatic heterocycles. The molecule has 49 valence electrons. The van der Waals surface area contributed by atoms with Gasteiger partial charge >= 0.3 is 5.97 Å². The van der Waals surface area contributed by atoms with Crippen molar-refractivity contribution in [1.29, 1.82) is 0 Å². The van der Waals surface area contributed by atoms with E-state index in [0.717, 1.165) is 0 Å². The van der Waals surface area contributed by atoms with Crippen molar-refractivity contribution in [2.24, 2.45) is 0 Å². The van der Waals surface area contributed by atoms with Crippen LogP contribution < -0.4 is 0 Å². The van der Waals surface area contributed by atoms with Crippen LogP contribution in [0.3, 0.4) is 0 Å². The van der Waals surface area contributed by atoms with Crippen LogP contribution in [-0.4, -0.2) is 51.9 Å². The summed E-state index contributed by atoms with van der Waals surface area (Å²) >= 11 is 0. The van der Waals surface area contributed by atoms with Gasteiger partial charge in [-0.3, -0.25) is 4.79 Å². The first-order valence-electron chi connectivity index (χ1n) is 1.94. The normalized spacial score (nSPS) is 6.33. The van der Waals surface area contributed by atoms with Crippen LogP contribution >= 0.6 is 0 Å². The number of carbonyl (C=O) groups is 2. The van der Waals surface area contributed by atoms with Gasteiger partial charge in [0.2, 0.25) is 5.78 Å². The Labute approximate surface area is 74.8 Å². The number of Topliss-reactive ketones (excluding diaryl/α,β-unsaturated/α-hetero) is 1. The Balaban J connectivity index is -0.000000180. The Morgan fingerprint density at radius 2 is 1.78 bits per heavy atom. The molecular weight excluding hydrogens is 135 g/mol. The summed E-state index contributed by atoms with van der Waals surface area (Å²) in [4.78, 5) is 19.5. The second-order valence-electron chi connectivity index (χ2n) is 1.08. The fourth-order valence-corrected chi connectivity index (χ4v) is 0.151. The van der Waals surface area contributed by atoms with Gasteiger partial charge in [0.1, 0.15) is 0 Å². The number of hydrogen-bond acceptors (Lipinski definition) is 2. The zero-order valence-electron chi connectivity index (χ0n) is 5.47. The van der Waals surface area contributed by atoms with Gasteiger partial charge in [0.25, 0.3) is 0 Å². The maximum atomic E-state index is 9.91. The minimum absolute atomic E-state index is 0. The minimum atomic E-state index is -1.34. The van der Waals surface area contributed by atoms with Crippen molar-refractivity contribution in [3.05, 3.63) is 0 Å². The minimum Gasteiger partial charge on any atom is -0.476 e. The van der Waals surface area contributed by atoms with Crippen molar-refractivity contribution < 1.29 is 20.2 Å². The van der Waals surface area contributed by atoms with Gasteiger partial charge in [-0.15, -0.1) is 0 Å². The SMILES string of the molecule is CCC(=O)C(=O)O.O.[Na]. The van der Waals surface area contributed by atoms with E-state index in [-0.39, 0.29) is 41.5 Å². The predicted molar refractivity (Wildman–Crippen MR) is 32.3 cm³/mol. The van der Waals surface area contributed by atoms with Crippen LogP contribution in [0.5, 0.6) is 0 Å². The number of hydrogen-bond donors (Lipinski definition) is 1. The third kappa shape index (κ3) is 8.10. The van der Waals surface area contributed by atoms with Crippen molar-refractivity contribution in [3.63, 3.8) is 0 Å². The van der Waals surface area contributed by atoms with E-state index in [1.54, 1.807) is 0 Å². The smallest absolute Gasteiger partial charge is 0.372 e. The molecule has 0 saturated heterocycles. The maximum absolute atomic E-state index is 9.91. The number of ketones is 1. The van der Waals surface area contributed by atoms with E-state index < -0.39 is 11.8 Å². The summed E-state index contributed by atoms with van der Waals surface area (Å²) in [5.41, 5.74) is 0. The van der Waals surface area contributed by atoms with Crippen LogP contribution in [0.4, 0.5) is 0 Å². The summed E-state index contributed by atoms with van der Waals surface area (Å²) in [5.74, 6) is -2.08.